The van der Waals surface area contributed by atoms with Gasteiger partial charge in [-0.3, -0.25) is 9.69 Å². The fraction of sp³-hybridized carbons (Fsp3) is 0.975. The van der Waals surface area contributed by atoms with Crippen LogP contribution in [0.5, 0.6) is 0 Å². The van der Waals surface area contributed by atoms with Crippen LogP contribution in [0.2, 0.25) is 0 Å². The number of ether oxygens (including phenoxy) is 3. The lowest BCUT2D eigenvalue weighted by Crippen LogP contribution is -2.63. The van der Waals surface area contributed by atoms with Gasteiger partial charge in [-0.25, -0.2) is 0 Å². The monoisotopic (exact) mass is 689 g/mol. The van der Waals surface area contributed by atoms with E-state index in [4.69, 9.17) is 14.2 Å². The summed E-state index contributed by atoms with van der Waals surface area (Å²) in [5.41, 5.74) is -1.52. The first kappa shape index (κ1) is 36.5. The zero-order valence-electron chi connectivity index (χ0n) is 31.8. The molecule has 49 heavy (non-hydrogen) atoms. The summed E-state index contributed by atoms with van der Waals surface area (Å²) >= 11 is 0. The molecule has 1 amide bonds. The molecule has 9 nitrogen and oxygen atoms in total. The van der Waals surface area contributed by atoms with Crippen LogP contribution in [0, 0.1) is 51.2 Å². The van der Waals surface area contributed by atoms with E-state index in [1.165, 1.54) is 19.3 Å². The maximum atomic E-state index is 13.1. The van der Waals surface area contributed by atoms with E-state index in [1.807, 2.05) is 4.90 Å². The molecule has 3 heterocycles. The summed E-state index contributed by atoms with van der Waals surface area (Å²) in [6.45, 7) is 22.0. The number of carbonyl (C=O) groups excluding carboxylic acids is 1. The Morgan fingerprint density at radius 2 is 1.71 bits per heavy atom. The van der Waals surface area contributed by atoms with Crippen molar-refractivity contribution in [2.75, 3.05) is 39.3 Å². The van der Waals surface area contributed by atoms with Gasteiger partial charge in [0, 0.05) is 12.0 Å². The van der Waals surface area contributed by atoms with Crippen molar-refractivity contribution in [1.82, 2.24) is 9.80 Å². The number of nitrogens with zero attached hydrogens (tertiary/aromatic N) is 2. The molecule has 10 unspecified atom stereocenters. The Bertz CT molecular complexity index is 1230. The number of morpholine rings is 1. The van der Waals surface area contributed by atoms with Crippen LogP contribution in [0.1, 0.15) is 113 Å². The SMILES string of the molecule is C[C@@H]1CC(C(O)C(C)(C)O)OC2C1C1(C)CCC3C(CC[C@H]4C(C)(C)C(OC5CN(C(=O)CN6CCCC6)CCO5)CCC34C)[C@]1(C)[C@H]2O. The maximum absolute atomic E-state index is 13.1. The summed E-state index contributed by atoms with van der Waals surface area (Å²) in [5.74, 6) is 2.10. The molecule has 3 N–H and O–H groups in total. The summed E-state index contributed by atoms with van der Waals surface area (Å²) in [5, 5.41) is 34.1. The number of hydrogen-bond donors (Lipinski definition) is 3. The van der Waals surface area contributed by atoms with E-state index in [0.717, 1.165) is 45.2 Å². The first-order valence-corrected chi connectivity index (χ1v) is 19.9. The van der Waals surface area contributed by atoms with Crippen LogP contribution in [0.3, 0.4) is 0 Å². The van der Waals surface area contributed by atoms with Crippen LogP contribution in [0.15, 0.2) is 0 Å². The molecule has 0 spiro atoms. The van der Waals surface area contributed by atoms with Crippen molar-refractivity contribution in [1.29, 1.82) is 0 Å². The first-order valence-electron chi connectivity index (χ1n) is 19.9. The second-order valence-electron chi connectivity index (χ2n) is 19.6. The lowest BCUT2D eigenvalue weighted by molar-refractivity contribution is -0.262. The lowest BCUT2D eigenvalue weighted by Gasteiger charge is -2.68. The Hall–Kier alpha value is -0.810. The van der Waals surface area contributed by atoms with Gasteiger partial charge in [0.05, 0.1) is 49.7 Å². The average Bonchev–Trinajstić information content (AvgIpc) is 3.61. The quantitative estimate of drug-likeness (QED) is 0.364. The van der Waals surface area contributed by atoms with Gasteiger partial charge >= 0.3 is 0 Å². The lowest BCUT2D eigenvalue weighted by atomic mass is 9.37. The Labute approximate surface area is 295 Å². The second kappa shape index (κ2) is 12.7. The van der Waals surface area contributed by atoms with Crippen LogP contribution in [0.4, 0.5) is 0 Å². The van der Waals surface area contributed by atoms with Crippen LogP contribution in [-0.4, -0.2) is 113 Å². The molecule has 3 saturated heterocycles. The molecule has 7 rings (SSSR count). The van der Waals surface area contributed by atoms with Crippen molar-refractivity contribution in [3.63, 3.8) is 0 Å². The second-order valence-corrected chi connectivity index (χ2v) is 19.6. The van der Waals surface area contributed by atoms with Crippen LogP contribution < -0.4 is 0 Å². The van der Waals surface area contributed by atoms with Crippen molar-refractivity contribution in [2.24, 2.45) is 51.2 Å². The van der Waals surface area contributed by atoms with E-state index in [1.54, 1.807) is 13.8 Å². The number of rotatable bonds is 6. The predicted molar refractivity (Wildman–Crippen MR) is 187 cm³/mol. The van der Waals surface area contributed by atoms with Gasteiger partial charge < -0.3 is 34.4 Å². The Morgan fingerprint density at radius 3 is 2.41 bits per heavy atom. The van der Waals surface area contributed by atoms with Gasteiger partial charge in [0.1, 0.15) is 6.10 Å². The highest BCUT2D eigenvalue weighted by Crippen LogP contribution is 2.75. The maximum Gasteiger partial charge on any atom is 0.237 e. The van der Waals surface area contributed by atoms with E-state index in [-0.39, 0.29) is 57.9 Å². The van der Waals surface area contributed by atoms with Gasteiger partial charge in [0.15, 0.2) is 6.29 Å². The topological polar surface area (TPSA) is 112 Å². The van der Waals surface area contributed by atoms with Gasteiger partial charge in [0.2, 0.25) is 5.91 Å². The van der Waals surface area contributed by atoms with Gasteiger partial charge in [0.25, 0.3) is 0 Å². The molecule has 3 aliphatic heterocycles. The highest BCUT2D eigenvalue weighted by Gasteiger charge is 2.74. The Kier molecular flexibility index (Phi) is 9.44. The molecule has 0 aromatic heterocycles. The summed E-state index contributed by atoms with van der Waals surface area (Å²) in [6, 6.07) is 0. The smallest absolute Gasteiger partial charge is 0.237 e. The molecule has 0 aromatic rings. The molecular formula is C40H68N2O7. The minimum atomic E-state index is -1.26. The molecule has 9 heteroatoms. The molecule has 7 aliphatic rings. The molecule has 0 radical (unpaired) electrons. The number of likely N-dealkylation sites (tertiary alicyclic amines) is 1. The number of carbonyl (C=O) groups is 1. The van der Waals surface area contributed by atoms with Crippen molar-refractivity contribution in [3.05, 3.63) is 0 Å². The number of aliphatic hydroxyl groups excluding tert-OH is 2. The van der Waals surface area contributed by atoms with Gasteiger partial charge in [-0.05, 0) is 131 Å². The first-order chi connectivity index (χ1) is 22.9. The normalized spacial score (nSPS) is 49.1. The van der Waals surface area contributed by atoms with Gasteiger partial charge in [-0.1, -0.05) is 41.5 Å². The number of fused-ring (bicyclic) bond motifs is 7. The molecule has 4 aliphatic carbocycles. The zero-order chi connectivity index (χ0) is 35.3. The average molecular weight is 689 g/mol. The zero-order valence-corrected chi connectivity index (χ0v) is 31.8. The fourth-order valence-electron chi connectivity index (χ4n) is 13.7. The molecule has 0 bridgehead atoms. The standard InChI is InChI=1S/C40H68N2O7/c1-24-21-27(34(44)37(4,5)46)48-33-32(24)39(7)16-13-25-26(40(39,8)35(33)45)11-12-28-36(2,3)29(14-15-38(25,28)6)49-31-23-42(19-20-47-31)30(43)22-41-17-9-10-18-41/h24-29,31-35,44-46H,9-23H2,1-8H3/t24-,25?,26?,27?,28+,29?,31?,32?,33?,34?,35+,38?,39?,40-/m1/s1. The Morgan fingerprint density at radius 1 is 1.00 bits per heavy atom. The third-order valence-corrected chi connectivity index (χ3v) is 16.4. The van der Waals surface area contributed by atoms with Gasteiger partial charge in [-0.2, -0.15) is 0 Å². The largest absolute Gasteiger partial charge is 0.390 e. The number of aliphatic hydroxyl groups is 3. The molecular weight excluding hydrogens is 620 g/mol. The predicted octanol–water partition coefficient (Wildman–Crippen LogP) is 4.84. The highest BCUT2D eigenvalue weighted by atomic mass is 16.7. The van der Waals surface area contributed by atoms with E-state index in [9.17, 15) is 20.1 Å². The molecule has 280 valence electrons. The van der Waals surface area contributed by atoms with E-state index < -0.39 is 23.9 Å². The van der Waals surface area contributed by atoms with Crippen LogP contribution >= 0.6 is 0 Å². The van der Waals surface area contributed by atoms with E-state index in [2.05, 4.69) is 46.4 Å². The summed E-state index contributed by atoms with van der Waals surface area (Å²) in [4.78, 5) is 17.4. The van der Waals surface area contributed by atoms with Crippen LogP contribution in [-0.2, 0) is 19.0 Å². The third kappa shape index (κ3) is 5.69. The van der Waals surface area contributed by atoms with Crippen molar-refractivity contribution < 1.29 is 34.3 Å². The Balaban J connectivity index is 1.06. The molecule has 0 aromatic carbocycles. The fourth-order valence-corrected chi connectivity index (χ4v) is 13.7. The summed E-state index contributed by atoms with van der Waals surface area (Å²) < 4.78 is 19.7. The van der Waals surface area contributed by atoms with Crippen molar-refractivity contribution >= 4 is 5.91 Å². The van der Waals surface area contributed by atoms with Crippen LogP contribution in [0.25, 0.3) is 0 Å². The third-order valence-electron chi connectivity index (χ3n) is 16.4. The molecule has 14 atom stereocenters. The van der Waals surface area contributed by atoms with E-state index >= 15 is 0 Å². The molecule has 4 saturated carbocycles. The minimum Gasteiger partial charge on any atom is -0.390 e. The van der Waals surface area contributed by atoms with Gasteiger partial charge in [-0.15, -0.1) is 0 Å². The number of amides is 1. The minimum absolute atomic E-state index is 0.0504. The highest BCUT2D eigenvalue weighted by molar-refractivity contribution is 5.78. The van der Waals surface area contributed by atoms with E-state index in [0.29, 0.717) is 50.4 Å². The summed E-state index contributed by atoms with van der Waals surface area (Å²) in [7, 11) is 0. The van der Waals surface area contributed by atoms with Crippen molar-refractivity contribution in [3.8, 4) is 0 Å². The summed E-state index contributed by atoms with van der Waals surface area (Å²) in [6.07, 6.45) is 6.86. The number of hydrogen-bond acceptors (Lipinski definition) is 8. The van der Waals surface area contributed by atoms with Crippen molar-refractivity contribution in [2.45, 2.75) is 156 Å². The molecule has 7 fully saturated rings.